The van der Waals surface area contributed by atoms with Crippen LogP contribution in [0, 0.1) is 0 Å². The zero-order valence-electron chi connectivity index (χ0n) is 11.5. The summed E-state index contributed by atoms with van der Waals surface area (Å²) in [6, 6.07) is 13.9. The molecule has 0 fully saturated rings. The van der Waals surface area contributed by atoms with E-state index in [-0.39, 0.29) is 0 Å². The lowest BCUT2D eigenvalue weighted by Crippen LogP contribution is -2.09. The molecule has 2 aromatic rings. The predicted molar refractivity (Wildman–Crippen MR) is 75.6 cm³/mol. The van der Waals surface area contributed by atoms with Crippen LogP contribution < -0.4 is 14.2 Å². The van der Waals surface area contributed by atoms with Gasteiger partial charge in [0, 0.05) is 0 Å². The van der Waals surface area contributed by atoms with E-state index in [1.54, 1.807) is 49.6 Å². The van der Waals surface area contributed by atoms with Gasteiger partial charge in [0.15, 0.2) is 11.5 Å². The van der Waals surface area contributed by atoms with E-state index in [4.69, 9.17) is 14.2 Å². The maximum atomic E-state index is 12.1. The van der Waals surface area contributed by atoms with Gasteiger partial charge in [-0.1, -0.05) is 18.2 Å². The van der Waals surface area contributed by atoms with Crippen molar-refractivity contribution in [3.63, 3.8) is 0 Å². The van der Waals surface area contributed by atoms with Crippen molar-refractivity contribution < 1.29 is 19.0 Å². The summed E-state index contributed by atoms with van der Waals surface area (Å²) in [5.41, 5.74) is 0.427. The normalized spacial score (nSPS) is 9.90. The Kier molecular flexibility index (Phi) is 4.60. The third-order valence-corrected chi connectivity index (χ3v) is 2.66. The molecular formula is C16H16O4. The fourth-order valence-electron chi connectivity index (χ4n) is 1.72. The van der Waals surface area contributed by atoms with Crippen LogP contribution in [-0.4, -0.2) is 19.7 Å². The van der Waals surface area contributed by atoms with Crippen molar-refractivity contribution in [3.8, 4) is 17.2 Å². The van der Waals surface area contributed by atoms with Crippen molar-refractivity contribution in [2.24, 2.45) is 0 Å². The number of hydrogen-bond donors (Lipinski definition) is 0. The molecule has 0 heterocycles. The lowest BCUT2D eigenvalue weighted by molar-refractivity contribution is 0.0728. The first-order chi connectivity index (χ1) is 9.74. The number of esters is 1. The van der Waals surface area contributed by atoms with E-state index in [0.717, 1.165) is 0 Å². The van der Waals surface area contributed by atoms with Crippen LogP contribution in [0.4, 0.5) is 0 Å². The zero-order valence-corrected chi connectivity index (χ0v) is 11.5. The smallest absolute Gasteiger partial charge is 0.343 e. The van der Waals surface area contributed by atoms with E-state index < -0.39 is 5.97 Å². The Morgan fingerprint density at radius 2 is 1.80 bits per heavy atom. The van der Waals surface area contributed by atoms with Gasteiger partial charge in [-0.3, -0.25) is 0 Å². The highest BCUT2D eigenvalue weighted by Gasteiger charge is 2.12. The maximum Gasteiger partial charge on any atom is 0.343 e. The molecule has 0 aliphatic heterocycles. The lowest BCUT2D eigenvalue weighted by atomic mass is 10.2. The van der Waals surface area contributed by atoms with Gasteiger partial charge in [-0.05, 0) is 37.3 Å². The highest BCUT2D eigenvalue weighted by molar-refractivity contribution is 5.91. The molecule has 0 N–H and O–H groups in total. The largest absolute Gasteiger partial charge is 0.497 e. The van der Waals surface area contributed by atoms with Crippen LogP contribution in [-0.2, 0) is 0 Å². The molecular weight excluding hydrogens is 256 g/mol. The second-order valence-corrected chi connectivity index (χ2v) is 4.00. The number of hydrogen-bond acceptors (Lipinski definition) is 4. The van der Waals surface area contributed by atoms with E-state index in [2.05, 4.69) is 0 Å². The van der Waals surface area contributed by atoms with E-state index in [1.807, 2.05) is 13.0 Å². The number of ether oxygens (including phenoxy) is 3. The molecule has 104 valence electrons. The number of carbonyl (C=O) groups is 1. The first kappa shape index (κ1) is 13.9. The van der Waals surface area contributed by atoms with Crippen LogP contribution in [0.5, 0.6) is 17.2 Å². The van der Waals surface area contributed by atoms with Gasteiger partial charge in [0.2, 0.25) is 0 Å². The maximum absolute atomic E-state index is 12.1. The zero-order chi connectivity index (χ0) is 14.4. The standard InChI is InChI=1S/C16H16O4/c1-3-19-14-9-4-5-10-15(14)20-16(17)12-7-6-8-13(11-12)18-2/h4-11H,3H2,1-2H3. The van der Waals surface area contributed by atoms with Crippen molar-refractivity contribution in [1.29, 1.82) is 0 Å². The Labute approximate surface area is 117 Å². The molecule has 0 unspecified atom stereocenters. The molecule has 0 spiro atoms. The molecule has 0 amide bonds. The molecule has 20 heavy (non-hydrogen) atoms. The van der Waals surface area contributed by atoms with Gasteiger partial charge in [-0.2, -0.15) is 0 Å². The van der Waals surface area contributed by atoms with Crippen molar-refractivity contribution in [1.82, 2.24) is 0 Å². The predicted octanol–water partition coefficient (Wildman–Crippen LogP) is 3.31. The fourth-order valence-corrected chi connectivity index (χ4v) is 1.72. The van der Waals surface area contributed by atoms with Crippen molar-refractivity contribution in [3.05, 3.63) is 54.1 Å². The Morgan fingerprint density at radius 1 is 1.05 bits per heavy atom. The van der Waals surface area contributed by atoms with Crippen LogP contribution in [0.25, 0.3) is 0 Å². The summed E-state index contributed by atoms with van der Waals surface area (Å²) in [5, 5.41) is 0. The third kappa shape index (κ3) is 3.29. The third-order valence-electron chi connectivity index (χ3n) is 2.66. The molecule has 4 heteroatoms. The minimum absolute atomic E-state index is 0.405. The quantitative estimate of drug-likeness (QED) is 0.618. The number of benzene rings is 2. The van der Waals surface area contributed by atoms with Crippen LogP contribution in [0.3, 0.4) is 0 Å². The molecule has 0 radical (unpaired) electrons. The minimum Gasteiger partial charge on any atom is -0.497 e. The number of para-hydroxylation sites is 2. The van der Waals surface area contributed by atoms with Crippen LogP contribution >= 0.6 is 0 Å². The molecule has 4 nitrogen and oxygen atoms in total. The Balaban J connectivity index is 2.19. The van der Waals surface area contributed by atoms with Gasteiger partial charge in [0.1, 0.15) is 5.75 Å². The molecule has 0 aliphatic rings. The van der Waals surface area contributed by atoms with E-state index in [9.17, 15) is 4.79 Å². The molecule has 0 atom stereocenters. The Bertz CT molecular complexity index is 593. The number of rotatable bonds is 5. The summed E-state index contributed by atoms with van der Waals surface area (Å²) in [6.45, 7) is 2.38. The summed E-state index contributed by atoms with van der Waals surface area (Å²) >= 11 is 0. The minimum atomic E-state index is -0.448. The average Bonchev–Trinajstić information content (AvgIpc) is 2.49. The van der Waals surface area contributed by atoms with Gasteiger partial charge in [-0.15, -0.1) is 0 Å². The number of methoxy groups -OCH3 is 1. The summed E-state index contributed by atoms with van der Waals surface area (Å²) in [6.07, 6.45) is 0. The van der Waals surface area contributed by atoms with Crippen molar-refractivity contribution in [2.75, 3.05) is 13.7 Å². The van der Waals surface area contributed by atoms with E-state index in [1.165, 1.54) is 0 Å². The van der Waals surface area contributed by atoms with Crippen LogP contribution in [0.2, 0.25) is 0 Å². The van der Waals surface area contributed by atoms with Gasteiger partial charge in [-0.25, -0.2) is 4.79 Å². The van der Waals surface area contributed by atoms with Crippen molar-refractivity contribution in [2.45, 2.75) is 6.92 Å². The van der Waals surface area contributed by atoms with Crippen LogP contribution in [0.15, 0.2) is 48.5 Å². The Morgan fingerprint density at radius 3 is 2.50 bits per heavy atom. The molecule has 0 bridgehead atoms. The van der Waals surface area contributed by atoms with Gasteiger partial charge in [0.05, 0.1) is 19.3 Å². The van der Waals surface area contributed by atoms with Gasteiger partial charge >= 0.3 is 5.97 Å². The van der Waals surface area contributed by atoms with Gasteiger partial charge in [0.25, 0.3) is 0 Å². The van der Waals surface area contributed by atoms with E-state index >= 15 is 0 Å². The summed E-state index contributed by atoms with van der Waals surface area (Å²) in [7, 11) is 1.55. The highest BCUT2D eigenvalue weighted by Crippen LogP contribution is 2.27. The molecule has 2 aromatic carbocycles. The summed E-state index contributed by atoms with van der Waals surface area (Å²) < 4.78 is 15.9. The fraction of sp³-hybridized carbons (Fsp3) is 0.188. The lowest BCUT2D eigenvalue weighted by Gasteiger charge is -2.10. The number of carbonyl (C=O) groups excluding carboxylic acids is 1. The first-order valence-electron chi connectivity index (χ1n) is 6.32. The molecule has 0 aliphatic carbocycles. The topological polar surface area (TPSA) is 44.8 Å². The molecule has 0 saturated carbocycles. The second-order valence-electron chi connectivity index (χ2n) is 4.00. The SMILES string of the molecule is CCOc1ccccc1OC(=O)c1cccc(OC)c1. The van der Waals surface area contributed by atoms with Gasteiger partial charge < -0.3 is 14.2 Å². The second kappa shape index (κ2) is 6.61. The first-order valence-corrected chi connectivity index (χ1v) is 6.32. The monoisotopic (exact) mass is 272 g/mol. The Hall–Kier alpha value is -2.49. The average molecular weight is 272 g/mol. The summed E-state index contributed by atoms with van der Waals surface area (Å²) in [5.74, 6) is 1.11. The van der Waals surface area contributed by atoms with E-state index in [0.29, 0.717) is 29.4 Å². The molecule has 0 aromatic heterocycles. The molecule has 2 rings (SSSR count). The van der Waals surface area contributed by atoms with Crippen molar-refractivity contribution >= 4 is 5.97 Å². The highest BCUT2D eigenvalue weighted by atomic mass is 16.6. The molecule has 0 saturated heterocycles. The van der Waals surface area contributed by atoms with Crippen LogP contribution in [0.1, 0.15) is 17.3 Å². The summed E-state index contributed by atoms with van der Waals surface area (Å²) in [4.78, 5) is 12.1.